The maximum absolute atomic E-state index is 6.34. The van der Waals surface area contributed by atoms with E-state index in [1.54, 1.807) is 0 Å². The zero-order valence-corrected chi connectivity index (χ0v) is 11.8. The normalized spacial score (nSPS) is 17.0. The SMILES string of the molecule is C[Si](C)(Cl)N=C1Cc2cccc3cccc1c23. The average Bonchev–Trinajstić information content (AvgIpc) is 2.58. The van der Waals surface area contributed by atoms with Gasteiger partial charge in [-0.1, -0.05) is 36.4 Å². The summed E-state index contributed by atoms with van der Waals surface area (Å²) in [6.07, 6.45) is 0.930. The molecule has 0 bridgehead atoms. The van der Waals surface area contributed by atoms with Crippen LogP contribution in [0.2, 0.25) is 13.1 Å². The van der Waals surface area contributed by atoms with E-state index >= 15 is 0 Å². The van der Waals surface area contributed by atoms with Crippen molar-refractivity contribution in [2.75, 3.05) is 0 Å². The Morgan fingerprint density at radius 3 is 2.53 bits per heavy atom. The first-order valence-corrected chi connectivity index (χ1v) is 9.79. The van der Waals surface area contributed by atoms with Gasteiger partial charge in [0.05, 0.1) is 0 Å². The Balaban J connectivity index is 2.26. The summed E-state index contributed by atoms with van der Waals surface area (Å²) in [5.74, 6) is 0. The maximum atomic E-state index is 6.34. The lowest BCUT2D eigenvalue weighted by Crippen LogP contribution is -2.17. The molecular weight excluding hydrogens is 246 g/mol. The van der Waals surface area contributed by atoms with Crippen molar-refractivity contribution >= 4 is 35.1 Å². The zero-order valence-electron chi connectivity index (χ0n) is 10.00. The van der Waals surface area contributed by atoms with E-state index in [0.717, 1.165) is 6.42 Å². The molecule has 0 spiro atoms. The molecule has 17 heavy (non-hydrogen) atoms. The molecule has 0 aliphatic heterocycles. The molecule has 0 radical (unpaired) electrons. The Labute approximate surface area is 107 Å². The summed E-state index contributed by atoms with van der Waals surface area (Å²) in [5.41, 5.74) is 3.83. The van der Waals surface area contributed by atoms with Crippen LogP contribution < -0.4 is 0 Å². The second-order valence-corrected chi connectivity index (χ2v) is 10.8. The summed E-state index contributed by atoms with van der Waals surface area (Å²) >= 11 is 6.34. The van der Waals surface area contributed by atoms with Crippen LogP contribution in [0.5, 0.6) is 0 Å². The van der Waals surface area contributed by atoms with Crippen LogP contribution in [0.1, 0.15) is 11.1 Å². The Morgan fingerprint density at radius 2 is 1.82 bits per heavy atom. The minimum absolute atomic E-state index is 0.930. The lowest BCUT2D eigenvalue weighted by Gasteiger charge is -2.08. The highest BCUT2D eigenvalue weighted by atomic mass is 35.6. The van der Waals surface area contributed by atoms with Gasteiger partial charge in [-0.2, -0.15) is 0 Å². The van der Waals surface area contributed by atoms with E-state index in [-0.39, 0.29) is 0 Å². The van der Waals surface area contributed by atoms with Crippen LogP contribution in [0.3, 0.4) is 0 Å². The van der Waals surface area contributed by atoms with Gasteiger partial charge in [0.1, 0.15) is 0 Å². The molecule has 0 saturated carbocycles. The highest BCUT2D eigenvalue weighted by Gasteiger charge is 2.23. The highest BCUT2D eigenvalue weighted by molar-refractivity contribution is 7.18. The Bertz CT molecular complexity index is 620. The molecular formula is C14H14ClNSi. The first kappa shape index (κ1) is 11.0. The number of hydrogen-bond acceptors (Lipinski definition) is 1. The number of rotatable bonds is 1. The third-order valence-corrected chi connectivity index (χ3v) is 4.12. The molecule has 86 valence electrons. The zero-order chi connectivity index (χ0) is 12.0. The number of nitrogens with zero attached hydrogens (tertiary/aromatic N) is 1. The van der Waals surface area contributed by atoms with Crippen LogP contribution in [0.25, 0.3) is 10.8 Å². The topological polar surface area (TPSA) is 12.4 Å². The maximum Gasteiger partial charge on any atom is 0.269 e. The molecule has 0 N–H and O–H groups in total. The fourth-order valence-corrected chi connectivity index (χ4v) is 3.65. The first-order chi connectivity index (χ1) is 8.04. The summed E-state index contributed by atoms with van der Waals surface area (Å²) in [7, 11) is -1.92. The molecule has 3 rings (SSSR count). The van der Waals surface area contributed by atoms with Gasteiger partial charge in [0.15, 0.2) is 0 Å². The highest BCUT2D eigenvalue weighted by Crippen LogP contribution is 2.31. The van der Waals surface area contributed by atoms with Gasteiger partial charge in [-0.3, -0.25) is 0 Å². The summed E-state index contributed by atoms with van der Waals surface area (Å²) in [6.45, 7) is 4.12. The number of halogens is 1. The molecule has 1 aliphatic carbocycles. The van der Waals surface area contributed by atoms with E-state index in [4.69, 9.17) is 15.7 Å². The summed E-state index contributed by atoms with van der Waals surface area (Å²) in [6, 6.07) is 12.9. The molecule has 1 aliphatic rings. The van der Waals surface area contributed by atoms with Crippen LogP contribution >= 0.6 is 11.1 Å². The molecule has 0 amide bonds. The lowest BCUT2D eigenvalue weighted by molar-refractivity contribution is 1.40. The van der Waals surface area contributed by atoms with Gasteiger partial charge in [0, 0.05) is 17.7 Å². The van der Waals surface area contributed by atoms with Gasteiger partial charge >= 0.3 is 0 Å². The van der Waals surface area contributed by atoms with Crippen LogP contribution in [0.15, 0.2) is 41.1 Å². The van der Waals surface area contributed by atoms with Crippen LogP contribution in [-0.2, 0) is 6.42 Å². The van der Waals surface area contributed by atoms with Crippen molar-refractivity contribution < 1.29 is 0 Å². The van der Waals surface area contributed by atoms with E-state index in [2.05, 4.69) is 49.5 Å². The Hall–Kier alpha value is -1.12. The van der Waals surface area contributed by atoms with Gasteiger partial charge in [0.25, 0.3) is 7.55 Å². The van der Waals surface area contributed by atoms with Crippen molar-refractivity contribution in [2.24, 2.45) is 4.66 Å². The van der Waals surface area contributed by atoms with Gasteiger partial charge in [-0.05, 0) is 29.4 Å². The molecule has 0 fully saturated rings. The largest absolute Gasteiger partial charge is 0.306 e. The fraction of sp³-hybridized carbons (Fsp3) is 0.214. The number of benzene rings is 2. The van der Waals surface area contributed by atoms with Crippen LogP contribution in [0.4, 0.5) is 0 Å². The Kier molecular flexibility index (Phi) is 2.38. The third kappa shape index (κ3) is 1.92. The smallest absolute Gasteiger partial charge is 0.269 e. The van der Waals surface area contributed by atoms with Crippen molar-refractivity contribution in [1.82, 2.24) is 0 Å². The molecule has 0 saturated heterocycles. The average molecular weight is 260 g/mol. The standard InChI is InChI=1S/C14H14ClNSi/c1-17(2,15)16-13-9-11-7-3-5-10-6-4-8-12(13)14(10)11/h3-8H,9H2,1-2H3. The van der Waals surface area contributed by atoms with Gasteiger partial charge in [-0.15, -0.1) is 11.1 Å². The lowest BCUT2D eigenvalue weighted by atomic mass is 10.1. The first-order valence-electron chi connectivity index (χ1n) is 5.83. The predicted octanol–water partition coefficient (Wildman–Crippen LogP) is 4.13. The summed E-state index contributed by atoms with van der Waals surface area (Å²) in [5, 5.41) is 2.67. The van der Waals surface area contributed by atoms with Crippen molar-refractivity contribution in [3.8, 4) is 0 Å². The van der Waals surface area contributed by atoms with Gasteiger partial charge in [0.2, 0.25) is 0 Å². The molecule has 2 aromatic rings. The van der Waals surface area contributed by atoms with Gasteiger partial charge < -0.3 is 4.66 Å². The Morgan fingerprint density at radius 1 is 1.12 bits per heavy atom. The van der Waals surface area contributed by atoms with Gasteiger partial charge in [-0.25, -0.2) is 0 Å². The molecule has 0 atom stereocenters. The summed E-state index contributed by atoms with van der Waals surface area (Å²) in [4.78, 5) is 0. The van der Waals surface area contributed by atoms with E-state index in [0.29, 0.717) is 0 Å². The quantitative estimate of drug-likeness (QED) is 0.540. The monoisotopic (exact) mass is 259 g/mol. The van der Waals surface area contributed by atoms with Crippen molar-refractivity contribution in [2.45, 2.75) is 19.5 Å². The van der Waals surface area contributed by atoms with E-state index in [1.165, 1.54) is 27.6 Å². The van der Waals surface area contributed by atoms with E-state index in [9.17, 15) is 0 Å². The van der Waals surface area contributed by atoms with Crippen molar-refractivity contribution in [3.63, 3.8) is 0 Å². The molecule has 0 unspecified atom stereocenters. The second kappa shape index (κ2) is 3.69. The molecule has 2 aromatic carbocycles. The van der Waals surface area contributed by atoms with E-state index in [1.807, 2.05) is 0 Å². The predicted molar refractivity (Wildman–Crippen MR) is 77.5 cm³/mol. The third-order valence-electron chi connectivity index (χ3n) is 3.06. The molecule has 3 heteroatoms. The van der Waals surface area contributed by atoms with Crippen LogP contribution in [0, 0.1) is 0 Å². The number of hydrogen-bond donors (Lipinski definition) is 0. The second-order valence-electron chi connectivity index (χ2n) is 4.97. The van der Waals surface area contributed by atoms with Crippen molar-refractivity contribution in [1.29, 1.82) is 0 Å². The fourth-order valence-electron chi connectivity index (χ4n) is 2.50. The van der Waals surface area contributed by atoms with Crippen LogP contribution in [-0.4, -0.2) is 13.3 Å². The molecule has 1 nitrogen and oxygen atoms in total. The van der Waals surface area contributed by atoms with E-state index < -0.39 is 7.55 Å². The molecule has 0 aromatic heterocycles. The van der Waals surface area contributed by atoms with Crippen molar-refractivity contribution in [3.05, 3.63) is 47.5 Å². The summed E-state index contributed by atoms with van der Waals surface area (Å²) < 4.78 is 4.77. The molecule has 0 heterocycles. The minimum Gasteiger partial charge on any atom is -0.306 e. The minimum atomic E-state index is -1.92.